The molecule has 0 saturated carbocycles. The van der Waals surface area contributed by atoms with E-state index in [9.17, 15) is 4.79 Å². The lowest BCUT2D eigenvalue weighted by Gasteiger charge is -2.33. The first-order valence-electron chi connectivity index (χ1n) is 8.39. The number of hydrogen-bond acceptors (Lipinski definition) is 3. The van der Waals surface area contributed by atoms with Crippen molar-refractivity contribution >= 4 is 33.0 Å². The van der Waals surface area contributed by atoms with Crippen LogP contribution in [0.5, 0.6) is 0 Å². The van der Waals surface area contributed by atoms with Crippen molar-refractivity contribution < 1.29 is 4.79 Å². The Hall–Kier alpha value is -2.33. The molecule has 1 aliphatic heterocycles. The summed E-state index contributed by atoms with van der Waals surface area (Å²) in [5, 5.41) is 4.36. The predicted molar refractivity (Wildman–Crippen MR) is 101 cm³/mol. The number of amides is 1. The molecule has 3 nitrogen and oxygen atoms in total. The van der Waals surface area contributed by atoms with Gasteiger partial charge in [0.05, 0.1) is 4.88 Å². The molecule has 4 heteroatoms. The first-order valence-corrected chi connectivity index (χ1v) is 9.21. The predicted octanol–water partition coefficient (Wildman–Crippen LogP) is 4.30. The number of para-hydroxylation sites is 1. The molecule has 1 saturated heterocycles. The number of piperidine rings is 1. The van der Waals surface area contributed by atoms with E-state index in [1.54, 1.807) is 11.3 Å². The van der Waals surface area contributed by atoms with Gasteiger partial charge in [0.2, 0.25) is 0 Å². The Morgan fingerprint density at radius 1 is 1.00 bits per heavy atom. The van der Waals surface area contributed by atoms with Crippen molar-refractivity contribution in [2.24, 2.45) is 0 Å². The Bertz CT molecular complexity index is 802. The minimum absolute atomic E-state index is 0.0642. The lowest BCUT2D eigenvalue weighted by Crippen LogP contribution is -2.44. The SMILES string of the molecule is O=C(NC1CCN(c2ccccc2)CC1)c1cc2ccccc2s1. The molecule has 4 rings (SSSR count). The molecule has 0 unspecified atom stereocenters. The smallest absolute Gasteiger partial charge is 0.261 e. The second-order valence-electron chi connectivity index (χ2n) is 6.22. The van der Waals surface area contributed by atoms with Crippen LogP contribution in [0.2, 0.25) is 0 Å². The maximum atomic E-state index is 12.5. The zero-order valence-corrected chi connectivity index (χ0v) is 14.3. The normalized spacial score (nSPS) is 15.6. The van der Waals surface area contributed by atoms with Crippen molar-refractivity contribution in [2.45, 2.75) is 18.9 Å². The third-order valence-corrected chi connectivity index (χ3v) is 5.72. The van der Waals surface area contributed by atoms with E-state index in [2.05, 4.69) is 46.6 Å². The number of benzene rings is 2. The third kappa shape index (κ3) is 3.15. The fourth-order valence-electron chi connectivity index (χ4n) is 3.27. The monoisotopic (exact) mass is 336 g/mol. The second-order valence-corrected chi connectivity index (χ2v) is 7.30. The van der Waals surface area contributed by atoms with Crippen molar-refractivity contribution in [3.05, 3.63) is 65.5 Å². The average molecular weight is 336 g/mol. The number of carbonyl (C=O) groups excluding carboxylic acids is 1. The summed E-state index contributed by atoms with van der Waals surface area (Å²) in [6.45, 7) is 1.97. The minimum Gasteiger partial charge on any atom is -0.371 e. The Balaban J connectivity index is 1.37. The number of hydrogen-bond donors (Lipinski definition) is 1. The Labute approximate surface area is 145 Å². The van der Waals surface area contributed by atoms with Crippen LogP contribution in [-0.2, 0) is 0 Å². The molecule has 3 aromatic rings. The summed E-state index contributed by atoms with van der Waals surface area (Å²) in [5.74, 6) is 0.0642. The Morgan fingerprint density at radius 3 is 2.46 bits per heavy atom. The van der Waals surface area contributed by atoms with Gasteiger partial charge in [0.1, 0.15) is 0 Å². The molecule has 1 amide bonds. The first-order chi connectivity index (χ1) is 11.8. The van der Waals surface area contributed by atoms with Gasteiger partial charge in [0, 0.05) is 29.5 Å². The van der Waals surface area contributed by atoms with Gasteiger partial charge in [-0.3, -0.25) is 4.79 Å². The second kappa shape index (κ2) is 6.65. The summed E-state index contributed by atoms with van der Waals surface area (Å²) < 4.78 is 1.17. The van der Waals surface area contributed by atoms with Crippen LogP contribution >= 0.6 is 11.3 Å². The van der Waals surface area contributed by atoms with E-state index in [-0.39, 0.29) is 11.9 Å². The van der Waals surface area contributed by atoms with Crippen molar-refractivity contribution in [1.29, 1.82) is 0 Å². The highest BCUT2D eigenvalue weighted by Gasteiger charge is 2.22. The van der Waals surface area contributed by atoms with E-state index in [1.807, 2.05) is 24.3 Å². The van der Waals surface area contributed by atoms with Gasteiger partial charge in [-0.15, -0.1) is 11.3 Å². The highest BCUT2D eigenvalue weighted by atomic mass is 32.1. The lowest BCUT2D eigenvalue weighted by atomic mass is 10.0. The van der Waals surface area contributed by atoms with E-state index in [1.165, 1.54) is 10.4 Å². The van der Waals surface area contributed by atoms with Gasteiger partial charge in [-0.2, -0.15) is 0 Å². The summed E-state index contributed by atoms with van der Waals surface area (Å²) >= 11 is 1.57. The van der Waals surface area contributed by atoms with Gasteiger partial charge >= 0.3 is 0 Å². The van der Waals surface area contributed by atoms with Crippen LogP contribution in [0, 0.1) is 0 Å². The topological polar surface area (TPSA) is 32.3 Å². The lowest BCUT2D eigenvalue weighted by molar-refractivity contribution is 0.0935. The van der Waals surface area contributed by atoms with Crippen LogP contribution in [0.15, 0.2) is 60.7 Å². The van der Waals surface area contributed by atoms with Gasteiger partial charge in [0.15, 0.2) is 0 Å². The van der Waals surface area contributed by atoms with E-state index < -0.39 is 0 Å². The van der Waals surface area contributed by atoms with E-state index >= 15 is 0 Å². The molecule has 2 heterocycles. The van der Waals surface area contributed by atoms with Crippen molar-refractivity contribution in [1.82, 2.24) is 5.32 Å². The molecular formula is C20H20N2OS. The van der Waals surface area contributed by atoms with Crippen LogP contribution < -0.4 is 10.2 Å². The fraction of sp³-hybridized carbons (Fsp3) is 0.250. The summed E-state index contributed by atoms with van der Waals surface area (Å²) in [7, 11) is 0. The number of thiophene rings is 1. The summed E-state index contributed by atoms with van der Waals surface area (Å²) in [6, 6.07) is 20.9. The van der Waals surface area contributed by atoms with Crippen molar-refractivity contribution in [2.75, 3.05) is 18.0 Å². The third-order valence-electron chi connectivity index (χ3n) is 4.60. The van der Waals surface area contributed by atoms with E-state index in [0.29, 0.717) is 0 Å². The molecule has 0 spiro atoms. The molecule has 2 aromatic carbocycles. The van der Waals surface area contributed by atoms with Gasteiger partial charge in [-0.1, -0.05) is 36.4 Å². The zero-order valence-electron chi connectivity index (χ0n) is 13.4. The first kappa shape index (κ1) is 15.2. The van der Waals surface area contributed by atoms with Crippen LogP contribution in [0.25, 0.3) is 10.1 Å². The number of carbonyl (C=O) groups is 1. The van der Waals surface area contributed by atoms with Crippen LogP contribution in [0.3, 0.4) is 0 Å². The Kier molecular flexibility index (Phi) is 4.22. The molecule has 1 aliphatic rings. The number of nitrogens with zero attached hydrogens (tertiary/aromatic N) is 1. The molecule has 1 N–H and O–H groups in total. The number of rotatable bonds is 3. The molecule has 1 fully saturated rings. The zero-order chi connectivity index (χ0) is 16.4. The summed E-state index contributed by atoms with van der Waals surface area (Å²) in [5.41, 5.74) is 1.27. The molecule has 0 aliphatic carbocycles. The summed E-state index contributed by atoms with van der Waals surface area (Å²) in [6.07, 6.45) is 1.98. The molecular weight excluding hydrogens is 316 g/mol. The van der Waals surface area contributed by atoms with E-state index in [4.69, 9.17) is 0 Å². The number of anilines is 1. The number of nitrogens with one attached hydrogen (secondary N) is 1. The summed E-state index contributed by atoms with van der Waals surface area (Å²) in [4.78, 5) is 15.7. The van der Waals surface area contributed by atoms with Crippen molar-refractivity contribution in [3.63, 3.8) is 0 Å². The maximum Gasteiger partial charge on any atom is 0.261 e. The largest absolute Gasteiger partial charge is 0.371 e. The molecule has 0 atom stereocenters. The molecule has 0 radical (unpaired) electrons. The average Bonchev–Trinajstić information content (AvgIpc) is 3.07. The quantitative estimate of drug-likeness (QED) is 0.773. The van der Waals surface area contributed by atoms with Gasteiger partial charge < -0.3 is 10.2 Å². The van der Waals surface area contributed by atoms with Crippen LogP contribution in [-0.4, -0.2) is 25.0 Å². The van der Waals surface area contributed by atoms with Gasteiger partial charge in [0.25, 0.3) is 5.91 Å². The maximum absolute atomic E-state index is 12.5. The molecule has 24 heavy (non-hydrogen) atoms. The minimum atomic E-state index is 0.0642. The van der Waals surface area contributed by atoms with Gasteiger partial charge in [-0.25, -0.2) is 0 Å². The van der Waals surface area contributed by atoms with E-state index in [0.717, 1.165) is 36.2 Å². The molecule has 1 aromatic heterocycles. The highest BCUT2D eigenvalue weighted by molar-refractivity contribution is 7.20. The number of fused-ring (bicyclic) bond motifs is 1. The van der Waals surface area contributed by atoms with Gasteiger partial charge in [-0.05, 0) is 42.5 Å². The highest BCUT2D eigenvalue weighted by Crippen LogP contribution is 2.26. The van der Waals surface area contributed by atoms with Crippen LogP contribution in [0.1, 0.15) is 22.5 Å². The van der Waals surface area contributed by atoms with Crippen LogP contribution in [0.4, 0.5) is 5.69 Å². The fourth-order valence-corrected chi connectivity index (χ4v) is 4.24. The van der Waals surface area contributed by atoms with Crippen molar-refractivity contribution in [3.8, 4) is 0 Å². The Morgan fingerprint density at radius 2 is 1.71 bits per heavy atom. The standard InChI is InChI=1S/C20H20N2OS/c23-20(19-14-15-6-4-5-9-18(15)24-19)21-16-10-12-22(13-11-16)17-7-2-1-3-8-17/h1-9,14,16H,10-13H2,(H,21,23). The molecule has 122 valence electrons. The molecule has 0 bridgehead atoms.